The van der Waals surface area contributed by atoms with Crippen molar-refractivity contribution in [2.45, 2.75) is 45.4 Å². The van der Waals surface area contributed by atoms with Gasteiger partial charge in [0.15, 0.2) is 0 Å². The second kappa shape index (κ2) is 7.16. The number of benzene rings is 1. The van der Waals surface area contributed by atoms with Gasteiger partial charge in [-0.1, -0.05) is 38.3 Å². The van der Waals surface area contributed by atoms with Gasteiger partial charge in [-0.15, -0.1) is 0 Å². The lowest BCUT2D eigenvalue weighted by atomic mass is 9.81. The van der Waals surface area contributed by atoms with Gasteiger partial charge in [-0.05, 0) is 37.0 Å². The van der Waals surface area contributed by atoms with Gasteiger partial charge in [0.2, 0.25) is 17.7 Å². The van der Waals surface area contributed by atoms with Crippen LogP contribution in [0.4, 0.5) is 5.69 Å². The number of aryl methyl sites for hydroxylation is 1. The third-order valence-corrected chi connectivity index (χ3v) is 5.01. The van der Waals surface area contributed by atoms with Crippen molar-refractivity contribution in [3.05, 3.63) is 29.8 Å². The highest BCUT2D eigenvalue weighted by atomic mass is 16.2. The second-order valence-corrected chi connectivity index (χ2v) is 6.76. The quantitative estimate of drug-likeness (QED) is 0.845. The summed E-state index contributed by atoms with van der Waals surface area (Å²) in [5.41, 5.74) is 1.92. The van der Waals surface area contributed by atoms with Gasteiger partial charge in [0.1, 0.15) is 6.54 Å². The van der Waals surface area contributed by atoms with Crippen LogP contribution < -0.4 is 5.32 Å². The summed E-state index contributed by atoms with van der Waals surface area (Å²) in [4.78, 5) is 38.1. The molecule has 24 heavy (non-hydrogen) atoms. The topological polar surface area (TPSA) is 66.5 Å². The smallest absolute Gasteiger partial charge is 0.244 e. The first kappa shape index (κ1) is 16.7. The summed E-state index contributed by atoms with van der Waals surface area (Å²) in [6.45, 7) is 1.94. The number of anilines is 1. The maximum Gasteiger partial charge on any atom is 0.244 e. The van der Waals surface area contributed by atoms with Gasteiger partial charge in [-0.25, -0.2) is 0 Å². The minimum Gasteiger partial charge on any atom is -0.325 e. The highest BCUT2D eigenvalue weighted by Gasteiger charge is 2.48. The van der Waals surface area contributed by atoms with Crippen LogP contribution in [0.2, 0.25) is 0 Å². The predicted molar refractivity (Wildman–Crippen MR) is 91.2 cm³/mol. The van der Waals surface area contributed by atoms with Crippen molar-refractivity contribution in [1.82, 2.24) is 4.90 Å². The van der Waals surface area contributed by atoms with Gasteiger partial charge >= 0.3 is 0 Å². The van der Waals surface area contributed by atoms with E-state index in [0.29, 0.717) is 5.69 Å². The van der Waals surface area contributed by atoms with Crippen LogP contribution in [0.25, 0.3) is 0 Å². The first-order valence-electron chi connectivity index (χ1n) is 8.84. The lowest BCUT2D eigenvalue weighted by molar-refractivity contribution is -0.142. The van der Waals surface area contributed by atoms with E-state index in [1.165, 1.54) is 5.56 Å². The maximum atomic E-state index is 12.4. The molecular weight excluding hydrogens is 304 g/mol. The molecule has 3 rings (SSSR count). The molecule has 1 aliphatic carbocycles. The zero-order valence-electron chi connectivity index (χ0n) is 14.1. The molecule has 1 aliphatic heterocycles. The number of nitrogens with one attached hydrogen (secondary N) is 1. The van der Waals surface area contributed by atoms with Crippen molar-refractivity contribution in [2.75, 3.05) is 11.9 Å². The van der Waals surface area contributed by atoms with E-state index < -0.39 is 0 Å². The molecule has 0 radical (unpaired) electrons. The first-order valence-corrected chi connectivity index (χ1v) is 8.84. The molecule has 0 unspecified atom stereocenters. The molecule has 1 aromatic rings. The van der Waals surface area contributed by atoms with E-state index in [0.717, 1.165) is 43.4 Å². The van der Waals surface area contributed by atoms with E-state index in [9.17, 15) is 14.4 Å². The molecular formula is C19H24N2O3. The second-order valence-electron chi connectivity index (χ2n) is 6.76. The van der Waals surface area contributed by atoms with Gasteiger partial charge in [-0.3, -0.25) is 19.3 Å². The van der Waals surface area contributed by atoms with Crippen LogP contribution in [-0.2, 0) is 20.8 Å². The Hall–Kier alpha value is -2.17. The zero-order chi connectivity index (χ0) is 17.1. The van der Waals surface area contributed by atoms with Crippen LogP contribution >= 0.6 is 0 Å². The van der Waals surface area contributed by atoms with Crippen molar-refractivity contribution in [3.8, 4) is 0 Å². The Kier molecular flexibility index (Phi) is 4.97. The number of nitrogens with zero attached hydrogens (tertiary/aromatic N) is 1. The molecule has 2 aliphatic rings. The number of rotatable bonds is 5. The Morgan fingerprint density at radius 2 is 1.67 bits per heavy atom. The fourth-order valence-electron chi connectivity index (χ4n) is 3.77. The fourth-order valence-corrected chi connectivity index (χ4v) is 3.77. The molecule has 0 bridgehead atoms. The molecule has 5 heteroatoms. The number of fused-ring (bicyclic) bond motifs is 1. The Labute approximate surface area is 142 Å². The van der Waals surface area contributed by atoms with Gasteiger partial charge in [0.05, 0.1) is 11.8 Å². The number of hydrogen-bond acceptors (Lipinski definition) is 3. The Morgan fingerprint density at radius 1 is 1.08 bits per heavy atom. The highest BCUT2D eigenvalue weighted by molar-refractivity contribution is 6.08. The number of carbonyl (C=O) groups is 3. The number of likely N-dealkylation sites (tertiary alicyclic amines) is 1. The van der Waals surface area contributed by atoms with E-state index in [1.807, 2.05) is 24.3 Å². The van der Waals surface area contributed by atoms with Crippen LogP contribution in [0.15, 0.2) is 24.3 Å². The van der Waals surface area contributed by atoms with E-state index in [2.05, 4.69) is 12.2 Å². The number of amides is 3. The summed E-state index contributed by atoms with van der Waals surface area (Å²) < 4.78 is 0. The summed E-state index contributed by atoms with van der Waals surface area (Å²) in [7, 11) is 0. The summed E-state index contributed by atoms with van der Waals surface area (Å²) >= 11 is 0. The minimum atomic E-state index is -0.321. The maximum absolute atomic E-state index is 12.4. The lowest BCUT2D eigenvalue weighted by Crippen LogP contribution is -2.38. The van der Waals surface area contributed by atoms with Crippen LogP contribution in [0.5, 0.6) is 0 Å². The highest BCUT2D eigenvalue weighted by Crippen LogP contribution is 2.37. The fraction of sp³-hybridized carbons (Fsp3) is 0.526. The lowest BCUT2D eigenvalue weighted by Gasteiger charge is -2.19. The predicted octanol–water partition coefficient (Wildman–Crippen LogP) is 2.75. The van der Waals surface area contributed by atoms with Crippen molar-refractivity contribution >= 4 is 23.4 Å². The average molecular weight is 328 g/mol. The molecule has 2 atom stereocenters. The molecule has 1 saturated carbocycles. The van der Waals surface area contributed by atoms with E-state index in [4.69, 9.17) is 0 Å². The Morgan fingerprint density at radius 3 is 2.21 bits per heavy atom. The average Bonchev–Trinajstić information content (AvgIpc) is 2.82. The minimum absolute atomic E-state index is 0.168. The Balaban J connectivity index is 1.60. The Bertz CT molecular complexity index is 615. The van der Waals surface area contributed by atoms with Gasteiger partial charge in [-0.2, -0.15) is 0 Å². The summed E-state index contributed by atoms with van der Waals surface area (Å²) in [6.07, 6.45) is 5.61. The molecule has 1 N–H and O–H groups in total. The monoisotopic (exact) mass is 328 g/mol. The molecule has 1 aromatic carbocycles. The van der Waals surface area contributed by atoms with Crippen molar-refractivity contribution in [2.24, 2.45) is 11.8 Å². The van der Waals surface area contributed by atoms with Crippen molar-refractivity contribution in [1.29, 1.82) is 0 Å². The van der Waals surface area contributed by atoms with Crippen molar-refractivity contribution < 1.29 is 14.4 Å². The molecule has 2 fully saturated rings. The van der Waals surface area contributed by atoms with Crippen LogP contribution in [0.1, 0.15) is 44.6 Å². The molecule has 0 aromatic heterocycles. The van der Waals surface area contributed by atoms with Crippen LogP contribution in [0, 0.1) is 11.8 Å². The third kappa shape index (κ3) is 3.35. The van der Waals surface area contributed by atoms with E-state index in [-0.39, 0.29) is 36.1 Å². The first-order chi connectivity index (χ1) is 11.6. The third-order valence-electron chi connectivity index (χ3n) is 5.01. The molecule has 1 saturated heterocycles. The van der Waals surface area contributed by atoms with Gasteiger partial charge in [0, 0.05) is 5.69 Å². The van der Waals surface area contributed by atoms with Gasteiger partial charge in [0.25, 0.3) is 0 Å². The molecule has 3 amide bonds. The molecule has 128 valence electrons. The van der Waals surface area contributed by atoms with Crippen LogP contribution in [-0.4, -0.2) is 29.2 Å². The largest absolute Gasteiger partial charge is 0.325 e. The normalized spacial score (nSPS) is 23.3. The van der Waals surface area contributed by atoms with Crippen molar-refractivity contribution in [3.63, 3.8) is 0 Å². The standard InChI is InChI=1S/C19H24N2O3/c1-2-5-13-8-10-14(11-9-13)20-17(22)12-21-18(23)15-6-3-4-7-16(15)19(21)24/h8-11,15-16H,2-7,12H2,1H3,(H,20,22)/t15-,16+. The summed E-state index contributed by atoms with van der Waals surface area (Å²) in [5.74, 6) is -1.06. The number of imide groups is 1. The van der Waals surface area contributed by atoms with Crippen LogP contribution in [0.3, 0.4) is 0 Å². The molecule has 5 nitrogen and oxygen atoms in total. The van der Waals surface area contributed by atoms with E-state index >= 15 is 0 Å². The number of hydrogen-bond donors (Lipinski definition) is 1. The van der Waals surface area contributed by atoms with Gasteiger partial charge < -0.3 is 5.32 Å². The zero-order valence-corrected chi connectivity index (χ0v) is 14.1. The molecule has 1 heterocycles. The SMILES string of the molecule is CCCc1ccc(NC(=O)CN2C(=O)[C@H]3CCCC[C@H]3C2=O)cc1. The molecule has 0 spiro atoms. The summed E-state index contributed by atoms with van der Waals surface area (Å²) in [5, 5.41) is 2.78. The summed E-state index contributed by atoms with van der Waals surface area (Å²) in [6, 6.07) is 7.69. The van der Waals surface area contributed by atoms with E-state index in [1.54, 1.807) is 0 Å². The number of carbonyl (C=O) groups excluding carboxylic acids is 3.